The lowest BCUT2D eigenvalue weighted by Gasteiger charge is -2.39. The van der Waals surface area contributed by atoms with Crippen LogP contribution in [0.4, 0.5) is 5.69 Å². The Labute approximate surface area is 216 Å². The maximum atomic E-state index is 13.6. The molecule has 0 unspecified atom stereocenters. The van der Waals surface area contributed by atoms with Crippen molar-refractivity contribution in [3.05, 3.63) is 81.4 Å². The Hall–Kier alpha value is -3.56. The molecule has 1 N–H and O–H groups in total. The molecule has 4 heterocycles. The van der Waals surface area contributed by atoms with Crippen molar-refractivity contribution in [2.45, 2.75) is 45.4 Å². The van der Waals surface area contributed by atoms with E-state index >= 15 is 0 Å². The van der Waals surface area contributed by atoms with Crippen LogP contribution in [0, 0.1) is 13.8 Å². The first kappa shape index (κ1) is 23.8. The van der Waals surface area contributed by atoms with Crippen molar-refractivity contribution < 1.29 is 4.74 Å². The van der Waals surface area contributed by atoms with Crippen molar-refractivity contribution in [2.75, 3.05) is 37.7 Å². The zero-order valence-electron chi connectivity index (χ0n) is 21.4. The maximum absolute atomic E-state index is 13.6. The number of tetrazole rings is 1. The van der Waals surface area contributed by atoms with Crippen molar-refractivity contribution in [3.8, 4) is 0 Å². The zero-order valence-corrected chi connectivity index (χ0v) is 21.4. The summed E-state index contributed by atoms with van der Waals surface area (Å²) in [5.41, 5.74) is 4.94. The van der Waals surface area contributed by atoms with E-state index in [1.807, 2.05) is 16.8 Å². The quantitative estimate of drug-likeness (QED) is 0.435. The van der Waals surface area contributed by atoms with Crippen molar-refractivity contribution >= 4 is 16.6 Å². The van der Waals surface area contributed by atoms with E-state index in [9.17, 15) is 4.79 Å². The average Bonchev–Trinajstić information content (AvgIpc) is 3.61. The highest BCUT2D eigenvalue weighted by Gasteiger charge is 2.33. The standard InChI is InChI=1S/C28H33N7O2/c1-19-10-11-21-17-24(28(36)29-25(21)20(19)2)26(27-30-31-32-35(27)18-23-9-6-16-37-23)34-14-12-33(13-15-34)22-7-4-3-5-8-22/h3-5,7-8,10-11,17,23,26H,6,9,12-16,18H2,1-2H3,(H,29,36)/t23-,26+/m0/s1. The van der Waals surface area contributed by atoms with Crippen molar-refractivity contribution in [1.82, 2.24) is 30.1 Å². The summed E-state index contributed by atoms with van der Waals surface area (Å²) in [6.45, 7) is 8.77. The number of nitrogens with one attached hydrogen (secondary N) is 1. The van der Waals surface area contributed by atoms with Crippen molar-refractivity contribution in [3.63, 3.8) is 0 Å². The number of H-pyrrole nitrogens is 1. The average molecular weight is 500 g/mol. The molecule has 0 radical (unpaired) electrons. The van der Waals surface area contributed by atoms with Crippen LogP contribution in [0.3, 0.4) is 0 Å². The van der Waals surface area contributed by atoms with Gasteiger partial charge in [-0.1, -0.05) is 30.3 Å². The monoisotopic (exact) mass is 499 g/mol. The summed E-state index contributed by atoms with van der Waals surface area (Å²) in [5.74, 6) is 0.692. The molecule has 0 spiro atoms. The second kappa shape index (κ2) is 10.1. The van der Waals surface area contributed by atoms with Crippen molar-refractivity contribution in [1.29, 1.82) is 0 Å². The molecular formula is C28H33N7O2. The molecule has 2 fully saturated rings. The number of para-hydroxylation sites is 1. The molecule has 6 rings (SSSR count). The van der Waals surface area contributed by atoms with Crippen LogP contribution >= 0.6 is 0 Å². The first-order valence-corrected chi connectivity index (χ1v) is 13.1. The Morgan fingerprint density at radius 3 is 2.65 bits per heavy atom. The zero-order chi connectivity index (χ0) is 25.4. The highest BCUT2D eigenvalue weighted by Crippen LogP contribution is 2.30. The minimum Gasteiger partial charge on any atom is -0.376 e. The Morgan fingerprint density at radius 1 is 1.08 bits per heavy atom. The van der Waals surface area contributed by atoms with Crippen LogP contribution in [-0.4, -0.2) is 69.0 Å². The predicted octanol–water partition coefficient (Wildman–Crippen LogP) is 3.22. The maximum Gasteiger partial charge on any atom is 0.253 e. The molecular weight excluding hydrogens is 466 g/mol. The minimum atomic E-state index is -0.357. The fourth-order valence-electron chi connectivity index (χ4n) is 5.64. The summed E-state index contributed by atoms with van der Waals surface area (Å²) in [6, 6.07) is 16.3. The van der Waals surface area contributed by atoms with Gasteiger partial charge in [-0.15, -0.1) is 5.10 Å². The molecule has 0 saturated carbocycles. The molecule has 2 saturated heterocycles. The van der Waals surface area contributed by atoms with E-state index in [0.717, 1.165) is 67.7 Å². The number of aromatic nitrogens is 5. The molecule has 0 amide bonds. The molecule has 37 heavy (non-hydrogen) atoms. The number of ether oxygens (including phenoxy) is 1. The van der Waals surface area contributed by atoms with Gasteiger partial charge in [0.2, 0.25) is 0 Å². The minimum absolute atomic E-state index is 0.0941. The molecule has 9 nitrogen and oxygen atoms in total. The van der Waals surface area contributed by atoms with E-state index in [0.29, 0.717) is 17.9 Å². The van der Waals surface area contributed by atoms with Crippen LogP contribution in [0.5, 0.6) is 0 Å². The van der Waals surface area contributed by atoms with E-state index in [4.69, 9.17) is 4.74 Å². The van der Waals surface area contributed by atoms with Gasteiger partial charge in [0.15, 0.2) is 5.82 Å². The van der Waals surface area contributed by atoms with Crippen LogP contribution in [0.25, 0.3) is 10.9 Å². The Morgan fingerprint density at radius 2 is 1.89 bits per heavy atom. The van der Waals surface area contributed by atoms with Crippen LogP contribution in [-0.2, 0) is 11.3 Å². The SMILES string of the molecule is Cc1ccc2cc([C@H](c3nnnn3C[C@@H]3CCCO3)N3CCN(c4ccccc4)CC3)c(=O)[nH]c2c1C. The fourth-order valence-corrected chi connectivity index (χ4v) is 5.64. The van der Waals surface area contributed by atoms with Gasteiger partial charge in [-0.05, 0) is 71.8 Å². The van der Waals surface area contributed by atoms with E-state index in [2.05, 4.69) is 80.6 Å². The topological polar surface area (TPSA) is 92.2 Å². The number of pyridine rings is 1. The largest absolute Gasteiger partial charge is 0.376 e. The summed E-state index contributed by atoms with van der Waals surface area (Å²) >= 11 is 0. The van der Waals surface area contributed by atoms with Crippen LogP contribution in [0.15, 0.2) is 53.3 Å². The first-order valence-electron chi connectivity index (χ1n) is 13.1. The Kier molecular flexibility index (Phi) is 6.48. The Bertz CT molecular complexity index is 1430. The summed E-state index contributed by atoms with van der Waals surface area (Å²) in [6.07, 6.45) is 2.14. The van der Waals surface area contributed by atoms with Gasteiger partial charge in [0.1, 0.15) is 6.04 Å². The summed E-state index contributed by atoms with van der Waals surface area (Å²) < 4.78 is 7.72. The number of hydrogen-bond donors (Lipinski definition) is 1. The number of aromatic amines is 1. The number of aryl methyl sites for hydroxylation is 2. The third-order valence-electron chi connectivity index (χ3n) is 7.88. The van der Waals surface area contributed by atoms with Gasteiger partial charge < -0.3 is 14.6 Å². The number of fused-ring (bicyclic) bond motifs is 1. The van der Waals surface area contributed by atoms with E-state index in [1.165, 1.54) is 5.69 Å². The molecule has 2 aliphatic rings. The lowest BCUT2D eigenvalue weighted by atomic mass is 9.99. The number of benzene rings is 2. The Balaban J connectivity index is 1.38. The molecule has 192 valence electrons. The van der Waals surface area contributed by atoms with E-state index in [1.54, 1.807) is 0 Å². The van der Waals surface area contributed by atoms with Crippen LogP contribution in [0.2, 0.25) is 0 Å². The van der Waals surface area contributed by atoms with Gasteiger partial charge in [0.25, 0.3) is 5.56 Å². The molecule has 9 heteroatoms. The third-order valence-corrected chi connectivity index (χ3v) is 7.88. The fraction of sp³-hybridized carbons (Fsp3) is 0.429. The predicted molar refractivity (Wildman–Crippen MR) is 143 cm³/mol. The number of piperazine rings is 1. The highest BCUT2D eigenvalue weighted by atomic mass is 16.5. The second-order valence-electron chi connectivity index (χ2n) is 10.1. The smallest absolute Gasteiger partial charge is 0.253 e. The van der Waals surface area contributed by atoms with Crippen molar-refractivity contribution in [2.24, 2.45) is 0 Å². The lowest BCUT2D eigenvalue weighted by Crippen LogP contribution is -2.49. The van der Waals surface area contributed by atoms with Gasteiger partial charge in [0, 0.05) is 44.0 Å². The summed E-state index contributed by atoms with van der Waals surface area (Å²) in [4.78, 5) is 21.5. The normalized spacial score (nSPS) is 19.5. The van der Waals surface area contributed by atoms with Gasteiger partial charge in [-0.25, -0.2) is 4.68 Å². The molecule has 2 aromatic heterocycles. The molecule has 0 bridgehead atoms. The molecule has 2 aliphatic heterocycles. The van der Waals surface area contributed by atoms with Crippen LogP contribution < -0.4 is 10.5 Å². The molecule has 4 aromatic rings. The van der Waals surface area contributed by atoms with Gasteiger partial charge >= 0.3 is 0 Å². The lowest BCUT2D eigenvalue weighted by molar-refractivity contribution is 0.0906. The first-order chi connectivity index (χ1) is 18.1. The number of anilines is 1. The molecule has 0 aliphatic carbocycles. The summed E-state index contributed by atoms with van der Waals surface area (Å²) in [5, 5.41) is 13.9. The summed E-state index contributed by atoms with van der Waals surface area (Å²) in [7, 11) is 0. The highest BCUT2D eigenvalue weighted by molar-refractivity contribution is 5.83. The van der Waals surface area contributed by atoms with Gasteiger partial charge in [0.05, 0.1) is 18.2 Å². The number of nitrogens with zero attached hydrogens (tertiary/aromatic N) is 6. The molecule has 2 atom stereocenters. The van der Waals surface area contributed by atoms with Gasteiger partial charge in [-0.3, -0.25) is 9.69 Å². The number of rotatable bonds is 6. The number of hydrogen-bond acceptors (Lipinski definition) is 7. The second-order valence-corrected chi connectivity index (χ2v) is 10.1. The van der Waals surface area contributed by atoms with Crippen LogP contribution in [0.1, 0.15) is 41.4 Å². The van der Waals surface area contributed by atoms with E-state index in [-0.39, 0.29) is 17.7 Å². The van der Waals surface area contributed by atoms with Gasteiger partial charge in [-0.2, -0.15) is 0 Å². The molecule has 2 aromatic carbocycles. The van der Waals surface area contributed by atoms with E-state index < -0.39 is 0 Å². The third kappa shape index (κ3) is 4.65.